The molecule has 0 fully saturated rings. The summed E-state index contributed by atoms with van der Waals surface area (Å²) < 4.78 is 0. The van der Waals surface area contributed by atoms with Crippen LogP contribution in [0, 0.1) is 20.0 Å². The molecule has 3 aliphatic heterocycles. The molecule has 0 bridgehead atoms. The first kappa shape index (κ1) is 28.3. The van der Waals surface area contributed by atoms with E-state index in [1.165, 1.54) is 0 Å². The van der Waals surface area contributed by atoms with Gasteiger partial charge in [-0.1, -0.05) is 18.2 Å². The molecule has 0 N–H and O–H groups in total. The van der Waals surface area contributed by atoms with Gasteiger partial charge in [-0.05, 0) is 87.7 Å². The number of nitrogens with zero attached hydrogens (tertiary/aromatic N) is 9. The monoisotopic (exact) mass is 848 g/mol. The molecule has 37 heavy (non-hydrogen) atoms. The van der Waals surface area contributed by atoms with Crippen LogP contribution in [0.5, 0.6) is 0 Å². The fourth-order valence-electron chi connectivity index (χ4n) is 3.51. The molecular formula is C26H26N9Os2. The molecular weight excluding hydrogens is 819 g/mol. The normalized spacial score (nSPS) is 15.5. The van der Waals surface area contributed by atoms with Crippen molar-refractivity contribution in [3.8, 4) is 0 Å². The molecule has 0 saturated heterocycles. The van der Waals surface area contributed by atoms with Crippen LogP contribution in [0.2, 0.25) is 0 Å². The summed E-state index contributed by atoms with van der Waals surface area (Å²) in [7, 11) is 3.98. The number of aromatic nitrogens is 3. The maximum Gasteiger partial charge on any atom is 2.00 e. The molecule has 11 heteroatoms. The van der Waals surface area contributed by atoms with Gasteiger partial charge in [0, 0.05) is 12.4 Å². The quantitative estimate of drug-likeness (QED) is 0.361. The van der Waals surface area contributed by atoms with Gasteiger partial charge >= 0.3 is 39.6 Å². The van der Waals surface area contributed by atoms with Crippen LogP contribution in [0.25, 0.3) is 0 Å². The maximum atomic E-state index is 4.64. The first-order valence-electron chi connectivity index (χ1n) is 11.1. The Hall–Kier alpha value is -3.26. The van der Waals surface area contributed by atoms with E-state index in [0.717, 1.165) is 23.3 Å². The van der Waals surface area contributed by atoms with Gasteiger partial charge in [-0.2, -0.15) is 0 Å². The van der Waals surface area contributed by atoms with Crippen LogP contribution < -0.4 is 19.6 Å². The van der Waals surface area contributed by atoms with Crippen molar-refractivity contribution < 1.29 is 39.6 Å². The molecule has 191 valence electrons. The van der Waals surface area contributed by atoms with E-state index < -0.39 is 0 Å². The first-order chi connectivity index (χ1) is 17.2. The summed E-state index contributed by atoms with van der Waals surface area (Å²) in [5.74, 6) is 3.60. The van der Waals surface area contributed by atoms with Crippen molar-refractivity contribution in [1.82, 2.24) is 24.8 Å². The minimum Gasteiger partial charge on any atom is -0.510 e. The summed E-state index contributed by atoms with van der Waals surface area (Å²) in [4.78, 5) is 25.1. The molecule has 0 amide bonds. The molecule has 0 spiro atoms. The molecule has 1 radical (unpaired) electrons. The molecule has 9 nitrogen and oxygen atoms in total. The van der Waals surface area contributed by atoms with Gasteiger partial charge in [0.25, 0.3) is 0 Å². The van der Waals surface area contributed by atoms with Crippen LogP contribution in [-0.2, 0) is 39.6 Å². The second-order valence-corrected chi connectivity index (χ2v) is 7.93. The molecule has 0 aliphatic carbocycles. The number of hydrogen-bond acceptors (Lipinski definition) is 9. The number of hydrogen-bond donors (Lipinski definition) is 0. The summed E-state index contributed by atoms with van der Waals surface area (Å²) in [5, 5.41) is 0. The van der Waals surface area contributed by atoms with Gasteiger partial charge in [0.1, 0.15) is 23.3 Å². The molecule has 0 aromatic carbocycles. The molecule has 0 saturated carbocycles. The van der Waals surface area contributed by atoms with Crippen LogP contribution in [-0.4, -0.2) is 38.8 Å². The zero-order valence-electron chi connectivity index (χ0n) is 20.3. The Labute approximate surface area is 244 Å². The Morgan fingerprint density at radius 2 is 0.919 bits per heavy atom. The molecule has 6 rings (SSSR count). The summed E-state index contributed by atoms with van der Waals surface area (Å²) in [6, 6.07) is 17.7. The van der Waals surface area contributed by atoms with E-state index >= 15 is 0 Å². The van der Waals surface area contributed by atoms with Gasteiger partial charge in [-0.15, -0.1) is 20.0 Å². The topological polar surface area (TPSA) is 58.1 Å². The van der Waals surface area contributed by atoms with E-state index in [1.54, 1.807) is 12.4 Å². The van der Waals surface area contributed by atoms with Crippen molar-refractivity contribution in [2.75, 3.05) is 33.7 Å². The number of rotatable bonds is 4. The SMILES string of the molecule is C1=CN(c2ccccn2)[CH-]N1c1ccccn1.CN1C=CN(c2cccc(N3C=CN(C)[CH-]3)n2)[CH-]1.[Os+2].[Os+]. The number of pyridine rings is 3. The molecule has 6 heterocycles. The van der Waals surface area contributed by atoms with Gasteiger partial charge < -0.3 is 29.4 Å². The van der Waals surface area contributed by atoms with Crippen molar-refractivity contribution in [3.05, 3.63) is 124 Å². The van der Waals surface area contributed by atoms with Gasteiger partial charge in [-0.3, -0.25) is 0 Å². The molecule has 0 atom stereocenters. The summed E-state index contributed by atoms with van der Waals surface area (Å²) >= 11 is 0. The molecule has 3 aromatic rings. The van der Waals surface area contributed by atoms with Gasteiger partial charge in [0.05, 0.1) is 0 Å². The zero-order valence-corrected chi connectivity index (χ0v) is 25.4. The Bertz CT molecular complexity index is 1120. The van der Waals surface area contributed by atoms with Gasteiger partial charge in [0.2, 0.25) is 0 Å². The first-order valence-corrected chi connectivity index (χ1v) is 11.1. The number of anilines is 4. The Morgan fingerprint density at radius 3 is 1.30 bits per heavy atom. The van der Waals surface area contributed by atoms with Crippen molar-refractivity contribution in [2.24, 2.45) is 0 Å². The van der Waals surface area contributed by atoms with Crippen molar-refractivity contribution in [1.29, 1.82) is 0 Å². The van der Waals surface area contributed by atoms with Crippen LogP contribution in [0.3, 0.4) is 0 Å². The predicted octanol–water partition coefficient (Wildman–Crippen LogP) is 4.15. The average molecular weight is 845 g/mol. The molecule has 3 aromatic heterocycles. The largest absolute Gasteiger partial charge is 2.00 e. The summed E-state index contributed by atoms with van der Waals surface area (Å²) in [6.45, 7) is 5.92. The van der Waals surface area contributed by atoms with Gasteiger partial charge in [0.15, 0.2) is 0 Å². The molecule has 3 aliphatic rings. The van der Waals surface area contributed by atoms with Crippen LogP contribution in [0.4, 0.5) is 23.3 Å². The summed E-state index contributed by atoms with van der Waals surface area (Å²) in [6.07, 6.45) is 15.4. The van der Waals surface area contributed by atoms with Gasteiger partial charge in [-0.25, -0.2) is 15.0 Å². The van der Waals surface area contributed by atoms with Crippen molar-refractivity contribution in [3.63, 3.8) is 0 Å². The van der Waals surface area contributed by atoms with Crippen LogP contribution in [0.1, 0.15) is 0 Å². The van der Waals surface area contributed by atoms with Crippen molar-refractivity contribution >= 4 is 23.3 Å². The third-order valence-electron chi connectivity index (χ3n) is 5.25. The Morgan fingerprint density at radius 1 is 0.514 bits per heavy atom. The van der Waals surface area contributed by atoms with Crippen LogP contribution >= 0.6 is 0 Å². The van der Waals surface area contributed by atoms with E-state index in [4.69, 9.17) is 0 Å². The fraction of sp³-hybridized carbons (Fsp3) is 0.0769. The third kappa shape index (κ3) is 7.16. The summed E-state index contributed by atoms with van der Waals surface area (Å²) in [5.41, 5.74) is 0. The van der Waals surface area contributed by atoms with E-state index in [1.807, 2.05) is 155 Å². The maximum absolute atomic E-state index is 4.64. The van der Waals surface area contributed by atoms with Crippen LogP contribution in [0.15, 0.2) is 104 Å². The Balaban J connectivity index is 0.000000195. The zero-order chi connectivity index (χ0) is 24.0. The minimum absolute atomic E-state index is 0. The van der Waals surface area contributed by atoms with Crippen molar-refractivity contribution in [2.45, 2.75) is 0 Å². The molecule has 0 unspecified atom stereocenters. The fourth-order valence-corrected chi connectivity index (χ4v) is 3.51. The standard InChI is InChI=1S/C13H15N5.C13H11N4.2Os/c1-15-6-8-17(10-15)12-4-3-5-13(14-12)18-9-7-16(2)11-18;1-3-7-14-12(5-1)16-9-10-17(11-16)13-6-2-4-8-15-13;;/h3-11H,1-2H3;1-11H;;/q-2;-1;+1;+2. The van der Waals surface area contributed by atoms with E-state index in [-0.39, 0.29) is 39.6 Å². The smallest absolute Gasteiger partial charge is 0.510 e. The predicted molar refractivity (Wildman–Crippen MR) is 138 cm³/mol. The average Bonchev–Trinajstić information content (AvgIpc) is 3.67. The minimum atomic E-state index is 0. The Kier molecular flexibility index (Phi) is 10.2. The van der Waals surface area contributed by atoms with E-state index in [0.29, 0.717) is 0 Å². The second-order valence-electron chi connectivity index (χ2n) is 7.93. The van der Waals surface area contributed by atoms with E-state index in [9.17, 15) is 0 Å². The second kappa shape index (κ2) is 13.3. The third-order valence-corrected chi connectivity index (χ3v) is 5.25. The van der Waals surface area contributed by atoms with E-state index in [2.05, 4.69) is 15.0 Å².